The maximum atomic E-state index is 12.1. The molecular formula is C20H34N2O4S. The van der Waals surface area contributed by atoms with Crippen molar-refractivity contribution >= 4 is 21.6 Å². The molecule has 0 fully saturated rings. The molecule has 0 saturated heterocycles. The minimum absolute atomic E-state index is 0.0240. The third-order valence-corrected chi connectivity index (χ3v) is 5.83. The molecule has 0 aliphatic rings. The van der Waals surface area contributed by atoms with Crippen molar-refractivity contribution in [3.8, 4) is 5.75 Å². The van der Waals surface area contributed by atoms with Crippen molar-refractivity contribution in [2.24, 2.45) is 5.92 Å². The molecule has 0 aliphatic carbocycles. The summed E-state index contributed by atoms with van der Waals surface area (Å²) >= 11 is 0. The molecule has 0 heterocycles. The lowest BCUT2D eigenvalue weighted by molar-refractivity contribution is -0.121. The van der Waals surface area contributed by atoms with E-state index in [1.165, 1.54) is 24.1 Å². The molecule has 7 heteroatoms. The number of nitrogens with one attached hydrogen (secondary N) is 1. The van der Waals surface area contributed by atoms with Crippen LogP contribution in [0.3, 0.4) is 0 Å². The number of ether oxygens (including phenoxy) is 1. The van der Waals surface area contributed by atoms with Gasteiger partial charge in [0.15, 0.2) is 0 Å². The van der Waals surface area contributed by atoms with Gasteiger partial charge in [0, 0.05) is 25.6 Å². The molecule has 0 unspecified atom stereocenters. The Kier molecular flexibility index (Phi) is 10.2. The second-order valence-corrected chi connectivity index (χ2v) is 8.77. The molecular weight excluding hydrogens is 364 g/mol. The molecule has 6 nitrogen and oxygen atoms in total. The second kappa shape index (κ2) is 11.8. The van der Waals surface area contributed by atoms with Crippen LogP contribution in [0.1, 0.15) is 52.4 Å². The van der Waals surface area contributed by atoms with Crippen LogP contribution in [0.15, 0.2) is 24.3 Å². The zero-order chi connectivity index (χ0) is 20.3. The molecule has 1 amide bonds. The number of hydrogen-bond donors (Lipinski definition) is 1. The summed E-state index contributed by atoms with van der Waals surface area (Å²) in [5, 5.41) is 2.99. The van der Waals surface area contributed by atoms with Crippen LogP contribution in [0.5, 0.6) is 5.75 Å². The molecule has 1 rings (SSSR count). The molecule has 1 atom stereocenters. The largest absolute Gasteiger partial charge is 0.497 e. The van der Waals surface area contributed by atoms with E-state index >= 15 is 0 Å². The van der Waals surface area contributed by atoms with Gasteiger partial charge in [-0.1, -0.05) is 39.2 Å². The highest BCUT2D eigenvalue weighted by atomic mass is 32.2. The number of sulfonamides is 1. The van der Waals surface area contributed by atoms with Gasteiger partial charge in [-0.05, 0) is 30.9 Å². The Labute approximate surface area is 164 Å². The van der Waals surface area contributed by atoms with Crippen molar-refractivity contribution in [3.05, 3.63) is 24.3 Å². The van der Waals surface area contributed by atoms with E-state index in [0.717, 1.165) is 19.3 Å². The molecule has 0 aliphatic heterocycles. The van der Waals surface area contributed by atoms with E-state index in [4.69, 9.17) is 4.74 Å². The average Bonchev–Trinajstić information content (AvgIpc) is 2.64. The summed E-state index contributed by atoms with van der Waals surface area (Å²) in [4.78, 5) is 12.1. The fourth-order valence-electron chi connectivity index (χ4n) is 2.93. The van der Waals surface area contributed by atoms with Crippen molar-refractivity contribution in [2.75, 3.05) is 30.8 Å². The Balaban J connectivity index is 2.55. The quantitative estimate of drug-likeness (QED) is 0.551. The van der Waals surface area contributed by atoms with E-state index in [1.54, 1.807) is 24.3 Å². The van der Waals surface area contributed by atoms with Crippen LogP contribution in [-0.2, 0) is 14.8 Å². The summed E-state index contributed by atoms with van der Waals surface area (Å²) in [6, 6.07) is 6.92. The molecule has 0 aromatic heterocycles. The first-order valence-corrected chi connectivity index (χ1v) is 11.5. The molecule has 1 N–H and O–H groups in total. The minimum Gasteiger partial charge on any atom is -0.497 e. The zero-order valence-electron chi connectivity index (χ0n) is 17.0. The molecule has 0 saturated carbocycles. The van der Waals surface area contributed by atoms with Gasteiger partial charge in [-0.2, -0.15) is 0 Å². The van der Waals surface area contributed by atoms with E-state index in [9.17, 15) is 13.2 Å². The van der Waals surface area contributed by atoms with E-state index in [1.807, 2.05) is 0 Å². The number of nitrogens with zero attached hydrogens (tertiary/aromatic N) is 1. The number of rotatable bonds is 13. The van der Waals surface area contributed by atoms with E-state index in [2.05, 4.69) is 19.2 Å². The number of amides is 1. The SMILES string of the molecule is CCCC[C@@H](CC)CNC(=O)CCCN(c1cccc(OC)c1)S(C)(=O)=O. The Morgan fingerprint density at radius 2 is 2.00 bits per heavy atom. The maximum Gasteiger partial charge on any atom is 0.232 e. The first-order valence-electron chi connectivity index (χ1n) is 9.70. The van der Waals surface area contributed by atoms with Crippen LogP contribution in [0.2, 0.25) is 0 Å². The first kappa shape index (κ1) is 23.3. The van der Waals surface area contributed by atoms with Gasteiger partial charge >= 0.3 is 0 Å². The standard InChI is InChI=1S/C20H34N2O4S/c1-5-7-10-17(6-2)16-21-20(23)13-9-14-22(27(4,24)25)18-11-8-12-19(15-18)26-3/h8,11-12,15,17H,5-7,9-10,13-14,16H2,1-4H3,(H,21,23)/t17-/m1/s1. The molecule has 27 heavy (non-hydrogen) atoms. The highest BCUT2D eigenvalue weighted by molar-refractivity contribution is 7.92. The van der Waals surface area contributed by atoms with Gasteiger partial charge in [-0.25, -0.2) is 8.42 Å². The van der Waals surface area contributed by atoms with Crippen LogP contribution < -0.4 is 14.4 Å². The highest BCUT2D eigenvalue weighted by Gasteiger charge is 2.18. The molecule has 0 radical (unpaired) electrons. The number of unbranched alkanes of at least 4 members (excludes halogenated alkanes) is 1. The number of carbonyl (C=O) groups excluding carboxylic acids is 1. The van der Waals surface area contributed by atoms with Crippen LogP contribution in [0.4, 0.5) is 5.69 Å². The van der Waals surface area contributed by atoms with Crippen molar-refractivity contribution in [1.29, 1.82) is 0 Å². The number of benzene rings is 1. The number of hydrogen-bond acceptors (Lipinski definition) is 4. The Bertz CT molecular complexity index is 676. The summed E-state index contributed by atoms with van der Waals surface area (Å²) in [5.41, 5.74) is 0.544. The number of carbonyl (C=O) groups is 1. The summed E-state index contributed by atoms with van der Waals surface area (Å²) in [5.74, 6) is 1.08. The smallest absolute Gasteiger partial charge is 0.232 e. The van der Waals surface area contributed by atoms with Gasteiger partial charge in [0.2, 0.25) is 15.9 Å². The minimum atomic E-state index is -3.43. The number of anilines is 1. The van der Waals surface area contributed by atoms with Crippen molar-refractivity contribution in [2.45, 2.75) is 52.4 Å². The predicted molar refractivity (Wildman–Crippen MR) is 111 cm³/mol. The van der Waals surface area contributed by atoms with Crippen molar-refractivity contribution < 1.29 is 17.9 Å². The van der Waals surface area contributed by atoms with Crippen LogP contribution >= 0.6 is 0 Å². The van der Waals surface area contributed by atoms with Crippen molar-refractivity contribution in [1.82, 2.24) is 5.32 Å². The zero-order valence-corrected chi connectivity index (χ0v) is 17.8. The summed E-state index contributed by atoms with van der Waals surface area (Å²) in [7, 11) is -1.89. The van der Waals surface area contributed by atoms with E-state index in [-0.39, 0.29) is 12.5 Å². The van der Waals surface area contributed by atoms with Gasteiger partial charge in [0.05, 0.1) is 19.1 Å². The second-order valence-electron chi connectivity index (χ2n) is 6.86. The lowest BCUT2D eigenvalue weighted by Crippen LogP contribution is -2.33. The molecule has 154 valence electrons. The highest BCUT2D eigenvalue weighted by Crippen LogP contribution is 2.23. The van der Waals surface area contributed by atoms with Gasteiger partial charge in [-0.3, -0.25) is 9.10 Å². The third-order valence-electron chi connectivity index (χ3n) is 4.64. The summed E-state index contributed by atoms with van der Waals surface area (Å²) in [6.07, 6.45) is 6.46. The predicted octanol–water partition coefficient (Wildman–Crippen LogP) is 3.57. The monoisotopic (exact) mass is 398 g/mol. The lowest BCUT2D eigenvalue weighted by atomic mass is 9.99. The van der Waals surface area contributed by atoms with Gasteiger partial charge < -0.3 is 10.1 Å². The van der Waals surface area contributed by atoms with Crippen LogP contribution in [0, 0.1) is 5.92 Å². The Morgan fingerprint density at radius 3 is 2.59 bits per heavy atom. The first-order chi connectivity index (χ1) is 12.8. The maximum absolute atomic E-state index is 12.1. The molecule has 0 bridgehead atoms. The summed E-state index contributed by atoms with van der Waals surface area (Å²) < 4.78 is 30.8. The fraction of sp³-hybridized carbons (Fsp3) is 0.650. The Hall–Kier alpha value is -1.76. The normalized spacial score (nSPS) is 12.4. The fourth-order valence-corrected chi connectivity index (χ4v) is 3.88. The van der Waals surface area contributed by atoms with Gasteiger partial charge in [-0.15, -0.1) is 0 Å². The average molecular weight is 399 g/mol. The summed E-state index contributed by atoms with van der Waals surface area (Å²) in [6.45, 7) is 5.26. The van der Waals surface area contributed by atoms with E-state index < -0.39 is 10.0 Å². The number of methoxy groups -OCH3 is 1. The topological polar surface area (TPSA) is 75.7 Å². The third kappa shape index (κ3) is 8.65. The molecule has 1 aromatic carbocycles. The lowest BCUT2D eigenvalue weighted by Gasteiger charge is -2.23. The molecule has 0 spiro atoms. The molecule has 1 aromatic rings. The Morgan fingerprint density at radius 1 is 1.26 bits per heavy atom. The van der Waals surface area contributed by atoms with Crippen LogP contribution in [0.25, 0.3) is 0 Å². The van der Waals surface area contributed by atoms with E-state index in [0.29, 0.717) is 36.7 Å². The van der Waals surface area contributed by atoms with Crippen molar-refractivity contribution in [3.63, 3.8) is 0 Å². The van der Waals surface area contributed by atoms with Gasteiger partial charge in [0.25, 0.3) is 0 Å². The van der Waals surface area contributed by atoms with Gasteiger partial charge in [0.1, 0.15) is 5.75 Å². The van der Waals surface area contributed by atoms with Crippen LogP contribution in [-0.4, -0.2) is 40.8 Å².